The SMILES string of the molecule is COc1c(O)cc2oc3cc(OC(C)(C)CCO)c(CC=C(C)C)c(O)c3c(=O)c2c1CC=C(C)C. The number of fused-ring (bicyclic) bond motifs is 2. The molecule has 36 heavy (non-hydrogen) atoms. The van der Waals surface area contributed by atoms with Crippen LogP contribution in [0.2, 0.25) is 0 Å². The van der Waals surface area contributed by atoms with Gasteiger partial charge in [-0.1, -0.05) is 23.3 Å². The number of allylic oxidation sites excluding steroid dienone is 4. The van der Waals surface area contributed by atoms with Crippen LogP contribution in [0.3, 0.4) is 0 Å². The number of aliphatic hydroxyl groups is 1. The van der Waals surface area contributed by atoms with Crippen molar-refractivity contribution in [1.82, 2.24) is 0 Å². The highest BCUT2D eigenvalue weighted by Gasteiger charge is 2.26. The summed E-state index contributed by atoms with van der Waals surface area (Å²) in [5, 5.41) is 31.7. The van der Waals surface area contributed by atoms with E-state index >= 15 is 0 Å². The molecule has 194 valence electrons. The summed E-state index contributed by atoms with van der Waals surface area (Å²) >= 11 is 0. The zero-order valence-electron chi connectivity index (χ0n) is 22.1. The number of phenolic OH excluding ortho intramolecular Hbond substituents is 2. The number of phenols is 2. The monoisotopic (exact) mass is 496 g/mol. The Hall–Kier alpha value is -3.45. The zero-order chi connectivity index (χ0) is 26.8. The summed E-state index contributed by atoms with van der Waals surface area (Å²) in [6.45, 7) is 11.4. The molecule has 3 N–H and O–H groups in total. The van der Waals surface area contributed by atoms with Gasteiger partial charge in [-0.2, -0.15) is 0 Å². The molecule has 1 heterocycles. The highest BCUT2D eigenvalue weighted by atomic mass is 16.5. The van der Waals surface area contributed by atoms with Crippen LogP contribution in [0.5, 0.6) is 23.0 Å². The van der Waals surface area contributed by atoms with Crippen LogP contribution in [0.4, 0.5) is 0 Å². The Morgan fingerprint density at radius 2 is 1.56 bits per heavy atom. The Morgan fingerprint density at radius 3 is 2.11 bits per heavy atom. The van der Waals surface area contributed by atoms with Crippen molar-refractivity contribution in [2.45, 2.75) is 66.4 Å². The number of rotatable bonds is 9. The molecule has 3 rings (SSSR count). The molecule has 7 nitrogen and oxygen atoms in total. The Labute approximate surface area is 211 Å². The van der Waals surface area contributed by atoms with E-state index in [1.807, 2.05) is 53.7 Å². The third-order valence-electron chi connectivity index (χ3n) is 6.06. The molecule has 0 fully saturated rings. The van der Waals surface area contributed by atoms with Crippen LogP contribution >= 0.6 is 0 Å². The number of benzene rings is 2. The van der Waals surface area contributed by atoms with E-state index in [-0.39, 0.29) is 45.8 Å². The van der Waals surface area contributed by atoms with E-state index in [0.717, 1.165) is 11.1 Å². The van der Waals surface area contributed by atoms with Crippen LogP contribution in [-0.2, 0) is 12.8 Å². The third kappa shape index (κ3) is 5.51. The summed E-state index contributed by atoms with van der Waals surface area (Å²) in [4.78, 5) is 13.9. The summed E-state index contributed by atoms with van der Waals surface area (Å²) < 4.78 is 17.7. The van der Waals surface area contributed by atoms with Crippen molar-refractivity contribution < 1.29 is 29.2 Å². The lowest BCUT2D eigenvalue weighted by molar-refractivity contribution is 0.0754. The van der Waals surface area contributed by atoms with Gasteiger partial charge in [-0.05, 0) is 54.4 Å². The van der Waals surface area contributed by atoms with Crippen LogP contribution < -0.4 is 14.9 Å². The summed E-state index contributed by atoms with van der Waals surface area (Å²) in [7, 11) is 1.43. The Morgan fingerprint density at radius 1 is 0.972 bits per heavy atom. The van der Waals surface area contributed by atoms with Gasteiger partial charge in [0, 0.05) is 36.3 Å². The first kappa shape index (κ1) is 27.1. The fourth-order valence-electron chi connectivity index (χ4n) is 4.16. The van der Waals surface area contributed by atoms with Gasteiger partial charge in [0.25, 0.3) is 0 Å². The predicted octanol–water partition coefficient (Wildman–Crippen LogP) is 5.92. The van der Waals surface area contributed by atoms with E-state index in [4.69, 9.17) is 13.9 Å². The van der Waals surface area contributed by atoms with Crippen molar-refractivity contribution in [2.24, 2.45) is 0 Å². The summed E-state index contributed by atoms with van der Waals surface area (Å²) in [5.74, 6) is 0.202. The molecule has 0 aliphatic carbocycles. The lowest BCUT2D eigenvalue weighted by Gasteiger charge is -2.27. The highest BCUT2D eigenvalue weighted by Crippen LogP contribution is 2.42. The second-order valence-corrected chi connectivity index (χ2v) is 10.1. The Bertz CT molecular complexity index is 1400. The molecular formula is C29H36O7. The first-order valence-corrected chi connectivity index (χ1v) is 12.0. The van der Waals surface area contributed by atoms with Gasteiger partial charge in [0.15, 0.2) is 11.5 Å². The molecule has 7 heteroatoms. The van der Waals surface area contributed by atoms with E-state index in [9.17, 15) is 20.1 Å². The van der Waals surface area contributed by atoms with Gasteiger partial charge in [-0.3, -0.25) is 4.79 Å². The van der Waals surface area contributed by atoms with Crippen LogP contribution in [0.25, 0.3) is 21.9 Å². The molecule has 0 aliphatic heterocycles. The van der Waals surface area contributed by atoms with Crippen LogP contribution in [-0.4, -0.2) is 34.6 Å². The van der Waals surface area contributed by atoms with Crippen molar-refractivity contribution >= 4 is 21.9 Å². The number of methoxy groups -OCH3 is 1. The predicted molar refractivity (Wildman–Crippen MR) is 143 cm³/mol. The Kier molecular flexibility index (Phi) is 8.04. The fourth-order valence-corrected chi connectivity index (χ4v) is 4.16. The van der Waals surface area contributed by atoms with Crippen LogP contribution in [0, 0.1) is 0 Å². The molecule has 1 aromatic heterocycles. The van der Waals surface area contributed by atoms with Crippen molar-refractivity contribution in [2.75, 3.05) is 13.7 Å². The maximum Gasteiger partial charge on any atom is 0.204 e. The molecule has 0 saturated heterocycles. The normalized spacial score (nSPS) is 11.6. The van der Waals surface area contributed by atoms with Crippen molar-refractivity contribution in [3.8, 4) is 23.0 Å². The van der Waals surface area contributed by atoms with Gasteiger partial charge >= 0.3 is 0 Å². The van der Waals surface area contributed by atoms with Crippen LogP contribution in [0.1, 0.15) is 59.1 Å². The average Bonchev–Trinajstić information content (AvgIpc) is 2.76. The smallest absolute Gasteiger partial charge is 0.204 e. The number of ether oxygens (including phenoxy) is 2. The second kappa shape index (κ2) is 10.7. The molecule has 0 unspecified atom stereocenters. The maximum atomic E-state index is 13.9. The first-order valence-electron chi connectivity index (χ1n) is 12.0. The van der Waals surface area contributed by atoms with Gasteiger partial charge in [0.05, 0.1) is 12.5 Å². The van der Waals surface area contributed by atoms with Crippen molar-refractivity contribution in [3.05, 3.63) is 56.8 Å². The van der Waals surface area contributed by atoms with E-state index < -0.39 is 11.0 Å². The molecule has 3 aromatic rings. The second-order valence-electron chi connectivity index (χ2n) is 10.1. The van der Waals surface area contributed by atoms with Gasteiger partial charge in [-0.15, -0.1) is 0 Å². The Balaban J connectivity index is 2.43. The van der Waals surface area contributed by atoms with Crippen molar-refractivity contribution in [1.29, 1.82) is 0 Å². The molecule has 0 spiro atoms. The summed E-state index contributed by atoms with van der Waals surface area (Å²) in [5.41, 5.74) is 2.20. The summed E-state index contributed by atoms with van der Waals surface area (Å²) in [6, 6.07) is 2.95. The van der Waals surface area contributed by atoms with E-state index in [2.05, 4.69) is 0 Å². The molecule has 2 aromatic carbocycles. The van der Waals surface area contributed by atoms with Gasteiger partial charge in [0.2, 0.25) is 5.43 Å². The number of hydrogen-bond donors (Lipinski definition) is 3. The molecule has 0 aliphatic rings. The van der Waals surface area contributed by atoms with Gasteiger partial charge in [-0.25, -0.2) is 0 Å². The van der Waals surface area contributed by atoms with E-state index in [1.165, 1.54) is 13.2 Å². The lowest BCUT2D eigenvalue weighted by atomic mass is 9.98. The molecule has 0 atom stereocenters. The number of aromatic hydroxyl groups is 2. The maximum absolute atomic E-state index is 13.9. The molecule has 0 bridgehead atoms. The topological polar surface area (TPSA) is 109 Å². The van der Waals surface area contributed by atoms with Crippen LogP contribution in [0.15, 0.2) is 44.6 Å². The third-order valence-corrected chi connectivity index (χ3v) is 6.06. The molecule has 0 saturated carbocycles. The standard InChI is InChI=1S/C29H36O7/c1-16(2)8-10-18-21(36-29(5,6)12-13-30)15-23-25(26(18)32)27(33)24-19(11-9-17(3)4)28(34-7)20(31)14-22(24)35-23/h8-9,14-15,30-32H,10-13H2,1-7H3. The number of hydrogen-bond acceptors (Lipinski definition) is 7. The zero-order valence-corrected chi connectivity index (χ0v) is 22.1. The van der Waals surface area contributed by atoms with E-state index in [1.54, 1.807) is 6.07 Å². The van der Waals surface area contributed by atoms with E-state index in [0.29, 0.717) is 36.1 Å². The minimum atomic E-state index is -0.727. The summed E-state index contributed by atoms with van der Waals surface area (Å²) in [6.07, 6.45) is 4.93. The van der Waals surface area contributed by atoms with Crippen molar-refractivity contribution in [3.63, 3.8) is 0 Å². The molecule has 0 amide bonds. The average molecular weight is 497 g/mol. The van der Waals surface area contributed by atoms with Gasteiger partial charge in [0.1, 0.15) is 33.7 Å². The largest absolute Gasteiger partial charge is 0.507 e. The fraction of sp³-hybridized carbons (Fsp3) is 0.414. The molecular weight excluding hydrogens is 460 g/mol. The minimum Gasteiger partial charge on any atom is -0.507 e. The highest BCUT2D eigenvalue weighted by molar-refractivity contribution is 5.97. The molecule has 0 radical (unpaired) electrons. The lowest BCUT2D eigenvalue weighted by Crippen LogP contribution is -2.29. The number of aliphatic hydroxyl groups excluding tert-OH is 1. The first-order chi connectivity index (χ1) is 16.9. The minimum absolute atomic E-state index is 0.0400. The van der Waals surface area contributed by atoms with Gasteiger partial charge < -0.3 is 29.2 Å². The quantitative estimate of drug-likeness (QED) is 0.249.